The summed E-state index contributed by atoms with van der Waals surface area (Å²) in [6.07, 6.45) is 4.40. The molecule has 4 nitrogen and oxygen atoms in total. The van der Waals surface area contributed by atoms with Gasteiger partial charge in [-0.2, -0.15) is 0 Å². The Morgan fingerprint density at radius 1 is 1.69 bits per heavy atom. The lowest BCUT2D eigenvalue weighted by Crippen LogP contribution is -2.28. The number of hydrogen-bond acceptors (Lipinski definition) is 4. The van der Waals surface area contributed by atoms with Crippen molar-refractivity contribution in [2.45, 2.75) is 18.8 Å². The Kier molecular flexibility index (Phi) is 2.40. The number of carbonyl (C=O) groups excluding carboxylic acids is 1. The first kappa shape index (κ1) is 8.44. The zero-order chi connectivity index (χ0) is 9.10. The van der Waals surface area contributed by atoms with Crippen LogP contribution in [0.2, 0.25) is 0 Å². The van der Waals surface area contributed by atoms with Gasteiger partial charge in [-0.15, -0.1) is 0 Å². The molecule has 0 amide bonds. The van der Waals surface area contributed by atoms with Crippen LogP contribution in [0.5, 0.6) is 0 Å². The highest BCUT2D eigenvalue weighted by molar-refractivity contribution is 5.69. The molecule has 70 valence electrons. The van der Waals surface area contributed by atoms with Gasteiger partial charge in [-0.1, -0.05) is 0 Å². The van der Waals surface area contributed by atoms with Crippen molar-refractivity contribution in [2.24, 2.45) is 0 Å². The number of nitrogens with one attached hydrogen (secondary N) is 1. The highest BCUT2D eigenvalue weighted by Crippen LogP contribution is 2.22. The number of rotatable bonds is 2. The van der Waals surface area contributed by atoms with Crippen LogP contribution in [-0.2, 0) is 0 Å². The topological polar surface area (TPSA) is 55.1 Å². The summed E-state index contributed by atoms with van der Waals surface area (Å²) in [6, 6.07) is 0. The Labute approximate surface area is 76.3 Å². The summed E-state index contributed by atoms with van der Waals surface area (Å²) in [5, 5.41) is 3.27. The van der Waals surface area contributed by atoms with Crippen molar-refractivity contribution in [3.8, 4) is 0 Å². The molecular formula is C9H12N2O2. The maximum atomic E-state index is 10.4. The van der Waals surface area contributed by atoms with E-state index < -0.39 is 0 Å². The summed E-state index contributed by atoms with van der Waals surface area (Å²) in [4.78, 5) is 14.4. The molecule has 0 spiro atoms. The first-order valence-corrected chi connectivity index (χ1v) is 4.52. The van der Waals surface area contributed by atoms with Crippen LogP contribution >= 0.6 is 0 Å². The molecule has 1 aromatic rings. The second kappa shape index (κ2) is 3.70. The fourth-order valence-corrected chi connectivity index (χ4v) is 1.61. The predicted molar refractivity (Wildman–Crippen MR) is 46.7 cm³/mol. The van der Waals surface area contributed by atoms with Crippen LogP contribution in [-0.4, -0.2) is 24.4 Å². The largest absolute Gasteiger partial charge is 0.438 e. The molecule has 0 radical (unpaired) electrons. The zero-order valence-electron chi connectivity index (χ0n) is 7.32. The van der Waals surface area contributed by atoms with E-state index in [0.29, 0.717) is 23.9 Å². The van der Waals surface area contributed by atoms with Crippen LogP contribution in [0.4, 0.5) is 0 Å². The molecule has 0 bridgehead atoms. The number of aldehydes is 1. The van der Waals surface area contributed by atoms with E-state index in [2.05, 4.69) is 10.3 Å². The van der Waals surface area contributed by atoms with Crippen LogP contribution in [0.3, 0.4) is 0 Å². The van der Waals surface area contributed by atoms with Crippen LogP contribution in [0.1, 0.15) is 35.2 Å². The third-order valence-corrected chi connectivity index (χ3v) is 2.30. The molecule has 4 heteroatoms. The smallest absolute Gasteiger partial charge is 0.199 e. The van der Waals surface area contributed by atoms with Gasteiger partial charge in [0.2, 0.25) is 0 Å². The second-order valence-electron chi connectivity index (χ2n) is 3.26. The lowest BCUT2D eigenvalue weighted by atomic mass is 10.00. The van der Waals surface area contributed by atoms with E-state index in [9.17, 15) is 4.79 Å². The molecule has 0 aliphatic carbocycles. The van der Waals surface area contributed by atoms with E-state index >= 15 is 0 Å². The molecule has 1 aliphatic heterocycles. The number of carbonyl (C=O) groups is 1. The number of oxazole rings is 1. The number of aromatic nitrogens is 1. The minimum Gasteiger partial charge on any atom is -0.438 e. The number of piperidine rings is 1. The molecule has 1 fully saturated rings. The molecule has 1 atom stereocenters. The molecule has 2 rings (SSSR count). The SMILES string of the molecule is O=Cc1cnc(C2CCCNC2)o1. The standard InChI is InChI=1S/C9H12N2O2/c12-6-8-5-11-9(13-8)7-2-1-3-10-4-7/h5-7,10H,1-4H2. The first-order valence-electron chi connectivity index (χ1n) is 4.52. The Balaban J connectivity index is 2.09. The van der Waals surface area contributed by atoms with Gasteiger partial charge in [0.15, 0.2) is 17.9 Å². The Bertz CT molecular complexity index is 290. The number of hydrogen-bond donors (Lipinski definition) is 1. The van der Waals surface area contributed by atoms with E-state index in [1.165, 1.54) is 6.20 Å². The second-order valence-corrected chi connectivity index (χ2v) is 3.26. The summed E-state index contributed by atoms with van der Waals surface area (Å²) in [5.74, 6) is 1.34. The molecule has 1 unspecified atom stereocenters. The van der Waals surface area contributed by atoms with Gasteiger partial charge < -0.3 is 9.73 Å². The van der Waals surface area contributed by atoms with Gasteiger partial charge in [0.25, 0.3) is 0 Å². The highest BCUT2D eigenvalue weighted by atomic mass is 16.4. The number of nitrogens with zero attached hydrogens (tertiary/aromatic N) is 1. The average Bonchev–Trinajstić information content (AvgIpc) is 2.67. The summed E-state index contributed by atoms with van der Waals surface area (Å²) in [7, 11) is 0. The summed E-state index contributed by atoms with van der Waals surface area (Å²) >= 11 is 0. The molecule has 0 saturated carbocycles. The average molecular weight is 180 g/mol. The molecular weight excluding hydrogens is 168 g/mol. The van der Waals surface area contributed by atoms with E-state index in [4.69, 9.17) is 4.42 Å². The van der Waals surface area contributed by atoms with E-state index in [1.807, 2.05) is 0 Å². The normalized spacial score (nSPS) is 22.9. The van der Waals surface area contributed by atoms with Crippen molar-refractivity contribution in [3.63, 3.8) is 0 Å². The monoisotopic (exact) mass is 180 g/mol. The van der Waals surface area contributed by atoms with Crippen molar-refractivity contribution in [2.75, 3.05) is 13.1 Å². The van der Waals surface area contributed by atoms with Crippen LogP contribution < -0.4 is 5.32 Å². The minimum atomic E-state index is 0.320. The predicted octanol–water partition coefficient (Wildman–Crippen LogP) is 0.954. The van der Waals surface area contributed by atoms with Gasteiger partial charge in [-0.3, -0.25) is 4.79 Å². The van der Waals surface area contributed by atoms with E-state index in [1.54, 1.807) is 0 Å². The fraction of sp³-hybridized carbons (Fsp3) is 0.556. The summed E-state index contributed by atoms with van der Waals surface area (Å²) in [5.41, 5.74) is 0. The Hall–Kier alpha value is -1.16. The fourth-order valence-electron chi connectivity index (χ4n) is 1.61. The van der Waals surface area contributed by atoms with Crippen molar-refractivity contribution in [1.82, 2.24) is 10.3 Å². The third-order valence-electron chi connectivity index (χ3n) is 2.30. The van der Waals surface area contributed by atoms with Gasteiger partial charge in [-0.25, -0.2) is 4.98 Å². The maximum Gasteiger partial charge on any atom is 0.199 e. The summed E-state index contributed by atoms with van der Waals surface area (Å²) < 4.78 is 5.25. The molecule has 1 aliphatic rings. The van der Waals surface area contributed by atoms with Gasteiger partial charge in [0.1, 0.15) is 0 Å². The zero-order valence-corrected chi connectivity index (χ0v) is 7.32. The quantitative estimate of drug-likeness (QED) is 0.688. The molecule has 13 heavy (non-hydrogen) atoms. The van der Waals surface area contributed by atoms with Gasteiger partial charge >= 0.3 is 0 Å². The van der Waals surface area contributed by atoms with Crippen LogP contribution in [0.15, 0.2) is 10.6 Å². The lowest BCUT2D eigenvalue weighted by Gasteiger charge is -2.19. The maximum absolute atomic E-state index is 10.4. The highest BCUT2D eigenvalue weighted by Gasteiger charge is 2.19. The lowest BCUT2D eigenvalue weighted by molar-refractivity contribution is 0.109. The molecule has 1 saturated heterocycles. The van der Waals surface area contributed by atoms with Gasteiger partial charge in [0.05, 0.1) is 6.20 Å². The van der Waals surface area contributed by atoms with Gasteiger partial charge in [0, 0.05) is 12.5 Å². The van der Waals surface area contributed by atoms with Crippen LogP contribution in [0, 0.1) is 0 Å². The molecule has 1 N–H and O–H groups in total. The summed E-state index contributed by atoms with van der Waals surface area (Å²) in [6.45, 7) is 1.97. The first-order chi connectivity index (χ1) is 6.40. The molecule has 2 heterocycles. The van der Waals surface area contributed by atoms with E-state index in [-0.39, 0.29) is 0 Å². The molecule has 0 aromatic carbocycles. The van der Waals surface area contributed by atoms with Crippen molar-refractivity contribution < 1.29 is 9.21 Å². The minimum absolute atomic E-state index is 0.320. The third kappa shape index (κ3) is 1.78. The Morgan fingerprint density at radius 3 is 3.23 bits per heavy atom. The van der Waals surface area contributed by atoms with E-state index in [0.717, 1.165) is 25.9 Å². The van der Waals surface area contributed by atoms with Crippen molar-refractivity contribution in [1.29, 1.82) is 0 Å². The molecule has 1 aromatic heterocycles. The van der Waals surface area contributed by atoms with Gasteiger partial charge in [-0.05, 0) is 19.4 Å². The Morgan fingerprint density at radius 2 is 2.62 bits per heavy atom. The van der Waals surface area contributed by atoms with Crippen molar-refractivity contribution in [3.05, 3.63) is 17.8 Å². The van der Waals surface area contributed by atoms with Crippen molar-refractivity contribution >= 4 is 6.29 Å². The van der Waals surface area contributed by atoms with Crippen LogP contribution in [0.25, 0.3) is 0 Å².